The standard InChI is InChI=1S/C7H4ClN3O/c8-6-4(3-9)1-2-5(11-6)7(10)12/h1-2H,(H2,10,12). The molecule has 1 rings (SSSR count). The Kier molecular flexibility index (Phi) is 2.26. The van der Waals surface area contributed by atoms with Crippen LogP contribution < -0.4 is 5.73 Å². The van der Waals surface area contributed by atoms with E-state index in [2.05, 4.69) is 4.98 Å². The second-order valence-electron chi connectivity index (χ2n) is 2.01. The maximum absolute atomic E-state index is 10.6. The highest BCUT2D eigenvalue weighted by Crippen LogP contribution is 2.11. The Bertz CT molecular complexity index is 369. The van der Waals surface area contributed by atoms with E-state index in [0.29, 0.717) is 0 Å². The molecule has 0 radical (unpaired) electrons. The lowest BCUT2D eigenvalue weighted by Crippen LogP contribution is -2.13. The molecule has 0 unspecified atom stereocenters. The van der Waals surface area contributed by atoms with Gasteiger partial charge in [-0.2, -0.15) is 5.26 Å². The first-order chi connectivity index (χ1) is 5.65. The van der Waals surface area contributed by atoms with Crippen molar-refractivity contribution >= 4 is 17.5 Å². The molecular formula is C7H4ClN3O. The van der Waals surface area contributed by atoms with Crippen LogP contribution in [0.25, 0.3) is 0 Å². The van der Waals surface area contributed by atoms with Crippen molar-refractivity contribution in [2.75, 3.05) is 0 Å². The third-order valence-corrected chi connectivity index (χ3v) is 1.51. The molecule has 0 bridgehead atoms. The molecule has 5 heteroatoms. The molecule has 12 heavy (non-hydrogen) atoms. The summed E-state index contributed by atoms with van der Waals surface area (Å²) in [5.74, 6) is -0.665. The van der Waals surface area contributed by atoms with E-state index in [4.69, 9.17) is 22.6 Å². The third-order valence-electron chi connectivity index (χ3n) is 1.22. The molecule has 2 N–H and O–H groups in total. The molecule has 1 aromatic rings. The summed E-state index contributed by atoms with van der Waals surface area (Å²) in [6.07, 6.45) is 0. The molecule has 0 saturated carbocycles. The summed E-state index contributed by atoms with van der Waals surface area (Å²) in [5, 5.41) is 8.45. The first-order valence-electron chi connectivity index (χ1n) is 3.01. The number of hydrogen-bond acceptors (Lipinski definition) is 3. The van der Waals surface area contributed by atoms with Crippen molar-refractivity contribution in [3.8, 4) is 6.07 Å². The van der Waals surface area contributed by atoms with Gasteiger partial charge in [-0.1, -0.05) is 11.6 Å². The fourth-order valence-electron chi connectivity index (χ4n) is 0.655. The van der Waals surface area contributed by atoms with E-state index < -0.39 is 5.91 Å². The van der Waals surface area contributed by atoms with Crippen molar-refractivity contribution in [2.45, 2.75) is 0 Å². The highest BCUT2D eigenvalue weighted by molar-refractivity contribution is 6.30. The summed E-state index contributed by atoms with van der Waals surface area (Å²) < 4.78 is 0. The van der Waals surface area contributed by atoms with E-state index in [0.717, 1.165) is 0 Å². The van der Waals surface area contributed by atoms with Gasteiger partial charge < -0.3 is 5.73 Å². The fourth-order valence-corrected chi connectivity index (χ4v) is 0.851. The van der Waals surface area contributed by atoms with E-state index >= 15 is 0 Å². The molecule has 60 valence electrons. The molecule has 0 aliphatic carbocycles. The first-order valence-corrected chi connectivity index (χ1v) is 3.39. The number of aromatic nitrogens is 1. The normalized spacial score (nSPS) is 9.00. The summed E-state index contributed by atoms with van der Waals surface area (Å²) in [6.45, 7) is 0. The van der Waals surface area contributed by atoms with Gasteiger partial charge in [-0.25, -0.2) is 4.98 Å². The van der Waals surface area contributed by atoms with Crippen LogP contribution in [0.3, 0.4) is 0 Å². The second-order valence-corrected chi connectivity index (χ2v) is 2.37. The van der Waals surface area contributed by atoms with Crippen molar-refractivity contribution in [3.63, 3.8) is 0 Å². The van der Waals surface area contributed by atoms with Gasteiger partial charge in [0.2, 0.25) is 0 Å². The highest BCUT2D eigenvalue weighted by atomic mass is 35.5. The van der Waals surface area contributed by atoms with Gasteiger partial charge in [0.25, 0.3) is 5.91 Å². The number of pyridine rings is 1. The molecule has 4 nitrogen and oxygen atoms in total. The molecule has 1 heterocycles. The monoisotopic (exact) mass is 181 g/mol. The molecule has 0 aliphatic heterocycles. The van der Waals surface area contributed by atoms with Crippen LogP contribution in [0, 0.1) is 11.3 Å². The molecule has 0 saturated heterocycles. The Morgan fingerprint density at radius 3 is 2.75 bits per heavy atom. The topological polar surface area (TPSA) is 79.8 Å². The average Bonchev–Trinajstić information content (AvgIpc) is 2.04. The minimum atomic E-state index is -0.665. The Balaban J connectivity index is 3.21. The lowest BCUT2D eigenvalue weighted by molar-refractivity contribution is 0.0995. The minimum Gasteiger partial charge on any atom is -0.364 e. The van der Waals surface area contributed by atoms with Gasteiger partial charge >= 0.3 is 0 Å². The van der Waals surface area contributed by atoms with Crippen molar-refractivity contribution in [1.82, 2.24) is 4.98 Å². The SMILES string of the molecule is N#Cc1ccc(C(N)=O)nc1Cl. The number of halogens is 1. The van der Waals surface area contributed by atoms with Gasteiger partial charge in [-0.3, -0.25) is 4.79 Å². The van der Waals surface area contributed by atoms with Crippen LogP contribution in [-0.2, 0) is 0 Å². The molecule has 0 fully saturated rings. The van der Waals surface area contributed by atoms with Crippen molar-refractivity contribution < 1.29 is 4.79 Å². The van der Waals surface area contributed by atoms with E-state index in [1.54, 1.807) is 0 Å². The third kappa shape index (κ3) is 1.52. The molecular weight excluding hydrogens is 178 g/mol. The number of carbonyl (C=O) groups excluding carboxylic acids is 1. The highest BCUT2D eigenvalue weighted by Gasteiger charge is 2.05. The zero-order valence-electron chi connectivity index (χ0n) is 5.91. The summed E-state index contributed by atoms with van der Waals surface area (Å²) in [7, 11) is 0. The lowest BCUT2D eigenvalue weighted by atomic mass is 10.2. The van der Waals surface area contributed by atoms with E-state index in [-0.39, 0.29) is 16.4 Å². The number of carbonyl (C=O) groups is 1. The Hall–Kier alpha value is -1.60. The van der Waals surface area contributed by atoms with Crippen molar-refractivity contribution in [3.05, 3.63) is 28.5 Å². The molecule has 1 amide bonds. The number of amides is 1. The maximum Gasteiger partial charge on any atom is 0.267 e. The van der Waals surface area contributed by atoms with Crippen molar-refractivity contribution in [2.24, 2.45) is 5.73 Å². The largest absolute Gasteiger partial charge is 0.364 e. The van der Waals surface area contributed by atoms with Gasteiger partial charge in [0.05, 0.1) is 5.56 Å². The first kappa shape index (κ1) is 8.50. The van der Waals surface area contributed by atoms with Gasteiger partial charge in [-0.05, 0) is 12.1 Å². The Labute approximate surface area is 73.6 Å². The van der Waals surface area contributed by atoms with Gasteiger partial charge in [0.1, 0.15) is 16.9 Å². The van der Waals surface area contributed by atoms with Crippen molar-refractivity contribution in [1.29, 1.82) is 5.26 Å². The molecule has 0 aliphatic rings. The lowest BCUT2D eigenvalue weighted by Gasteiger charge is -1.95. The van der Waals surface area contributed by atoms with Crippen LogP contribution in [0.15, 0.2) is 12.1 Å². The predicted molar refractivity (Wildman–Crippen MR) is 42.5 cm³/mol. The zero-order chi connectivity index (χ0) is 9.14. The second kappa shape index (κ2) is 3.20. The predicted octanol–water partition coefficient (Wildman–Crippen LogP) is 0.706. The van der Waals surface area contributed by atoms with Gasteiger partial charge in [0.15, 0.2) is 0 Å². The smallest absolute Gasteiger partial charge is 0.267 e. The fraction of sp³-hybridized carbons (Fsp3) is 0. The van der Waals surface area contributed by atoms with Crippen LogP contribution in [0.2, 0.25) is 5.15 Å². The summed E-state index contributed by atoms with van der Waals surface area (Å²) in [5.41, 5.74) is 5.21. The number of rotatable bonds is 1. The summed E-state index contributed by atoms with van der Waals surface area (Å²) in [4.78, 5) is 14.2. The number of hydrogen-bond donors (Lipinski definition) is 1. The Morgan fingerprint density at radius 2 is 2.33 bits per heavy atom. The average molecular weight is 182 g/mol. The van der Waals surface area contributed by atoms with Gasteiger partial charge in [-0.15, -0.1) is 0 Å². The maximum atomic E-state index is 10.6. The van der Waals surface area contributed by atoms with Crippen LogP contribution in [0.5, 0.6) is 0 Å². The zero-order valence-corrected chi connectivity index (χ0v) is 6.67. The number of nitrogens with zero attached hydrogens (tertiary/aromatic N) is 2. The van der Waals surface area contributed by atoms with Crippen LogP contribution in [0.1, 0.15) is 16.1 Å². The Morgan fingerprint density at radius 1 is 1.67 bits per heavy atom. The molecule has 0 aromatic carbocycles. The summed E-state index contributed by atoms with van der Waals surface area (Å²) in [6, 6.07) is 4.57. The van der Waals surface area contributed by atoms with E-state index in [1.165, 1.54) is 12.1 Å². The molecule has 1 aromatic heterocycles. The minimum absolute atomic E-state index is 0.00574. The molecule has 0 spiro atoms. The van der Waals surface area contributed by atoms with Crippen LogP contribution in [-0.4, -0.2) is 10.9 Å². The molecule has 0 atom stereocenters. The van der Waals surface area contributed by atoms with Crippen LogP contribution >= 0.6 is 11.6 Å². The number of primary amides is 1. The quantitative estimate of drug-likeness (QED) is 0.648. The van der Waals surface area contributed by atoms with E-state index in [9.17, 15) is 4.79 Å². The summed E-state index contributed by atoms with van der Waals surface area (Å²) >= 11 is 5.53. The number of nitrogens with two attached hydrogens (primary N) is 1. The van der Waals surface area contributed by atoms with Crippen LogP contribution in [0.4, 0.5) is 0 Å². The number of nitriles is 1. The van der Waals surface area contributed by atoms with Gasteiger partial charge in [0, 0.05) is 0 Å². The van der Waals surface area contributed by atoms with E-state index in [1.807, 2.05) is 6.07 Å².